The number of hydrogen-bond donors (Lipinski definition) is 3. The molecule has 1 atom stereocenters. The molecule has 0 aliphatic carbocycles. The summed E-state index contributed by atoms with van der Waals surface area (Å²) in [6, 6.07) is -1.35. The van der Waals surface area contributed by atoms with Crippen LogP contribution in [0.25, 0.3) is 0 Å². The Labute approximate surface area is 113 Å². The van der Waals surface area contributed by atoms with E-state index in [0.29, 0.717) is 13.0 Å². The smallest absolute Gasteiger partial charge is 0.326 e. The summed E-state index contributed by atoms with van der Waals surface area (Å²) in [5.74, 6) is -1.07. The molecule has 19 heavy (non-hydrogen) atoms. The van der Waals surface area contributed by atoms with Gasteiger partial charge in [0.2, 0.25) is 0 Å². The topological polar surface area (TPSA) is 99.1 Å². The minimum Gasteiger partial charge on any atom is -0.480 e. The van der Waals surface area contributed by atoms with Crippen molar-refractivity contribution in [1.29, 1.82) is 0 Å². The molecule has 0 saturated carbocycles. The number of amides is 2. The van der Waals surface area contributed by atoms with Gasteiger partial charge in [0.25, 0.3) is 0 Å². The zero-order chi connectivity index (χ0) is 14.7. The minimum absolute atomic E-state index is 0.147. The van der Waals surface area contributed by atoms with Crippen LogP contribution in [0.5, 0.6) is 0 Å². The van der Waals surface area contributed by atoms with Crippen LogP contribution in [-0.2, 0) is 9.53 Å². The van der Waals surface area contributed by atoms with Gasteiger partial charge >= 0.3 is 12.0 Å². The molecule has 0 radical (unpaired) electrons. The van der Waals surface area contributed by atoms with Gasteiger partial charge in [-0.1, -0.05) is 0 Å². The van der Waals surface area contributed by atoms with Crippen LogP contribution in [0.15, 0.2) is 0 Å². The highest BCUT2D eigenvalue weighted by Crippen LogP contribution is 1.99. The predicted octanol–water partition coefficient (Wildman–Crippen LogP) is 0.280. The van der Waals surface area contributed by atoms with E-state index in [2.05, 4.69) is 5.32 Å². The van der Waals surface area contributed by atoms with Gasteiger partial charge in [-0.2, -0.15) is 0 Å². The van der Waals surface area contributed by atoms with E-state index in [1.54, 1.807) is 7.05 Å². The van der Waals surface area contributed by atoms with Crippen LogP contribution in [-0.4, -0.2) is 67.1 Å². The first kappa shape index (κ1) is 17.7. The maximum atomic E-state index is 11.7. The van der Waals surface area contributed by atoms with Crippen molar-refractivity contribution in [2.24, 2.45) is 0 Å². The Morgan fingerprint density at radius 2 is 2.00 bits per heavy atom. The molecule has 0 aliphatic rings. The molecular weight excluding hydrogens is 252 g/mol. The first-order valence-electron chi connectivity index (χ1n) is 6.37. The Hall–Kier alpha value is -1.34. The first-order chi connectivity index (χ1) is 9.02. The molecule has 0 aromatic heterocycles. The van der Waals surface area contributed by atoms with E-state index < -0.39 is 18.0 Å². The average molecular weight is 276 g/mol. The fraction of sp³-hybridized carbons (Fsp3) is 0.833. The Morgan fingerprint density at radius 3 is 2.53 bits per heavy atom. The Morgan fingerprint density at radius 1 is 1.32 bits per heavy atom. The van der Waals surface area contributed by atoms with Crippen molar-refractivity contribution in [2.45, 2.75) is 31.7 Å². The molecule has 0 saturated heterocycles. The van der Waals surface area contributed by atoms with Crippen molar-refractivity contribution in [3.63, 3.8) is 0 Å². The van der Waals surface area contributed by atoms with Gasteiger partial charge in [-0.15, -0.1) is 0 Å². The Bertz CT molecular complexity index is 273. The average Bonchev–Trinajstić information content (AvgIpc) is 2.38. The number of carboxylic acid groups (broad SMARTS) is 1. The molecule has 2 amide bonds. The number of aliphatic carboxylic acids is 1. The SMILES string of the molecule is COCCC(NC(=O)N(C)CCCCCO)C(=O)O. The van der Waals surface area contributed by atoms with E-state index in [4.69, 9.17) is 14.9 Å². The highest BCUT2D eigenvalue weighted by Gasteiger charge is 2.21. The van der Waals surface area contributed by atoms with Crippen molar-refractivity contribution in [3.8, 4) is 0 Å². The Balaban J connectivity index is 4.05. The molecule has 1 unspecified atom stereocenters. The van der Waals surface area contributed by atoms with Gasteiger partial charge in [0, 0.05) is 40.3 Å². The number of carbonyl (C=O) groups excluding carboxylic acids is 1. The van der Waals surface area contributed by atoms with Crippen molar-refractivity contribution in [2.75, 3.05) is 33.9 Å². The van der Waals surface area contributed by atoms with Crippen LogP contribution >= 0.6 is 0 Å². The lowest BCUT2D eigenvalue weighted by atomic mass is 10.2. The standard InChI is InChI=1S/C12H24N2O5/c1-14(7-4-3-5-8-15)12(18)13-10(11(16)17)6-9-19-2/h10,15H,3-9H2,1-2H3,(H,13,18)(H,16,17). The normalized spacial score (nSPS) is 11.9. The number of nitrogens with zero attached hydrogens (tertiary/aromatic N) is 1. The van der Waals surface area contributed by atoms with E-state index in [1.165, 1.54) is 12.0 Å². The summed E-state index contributed by atoms with van der Waals surface area (Å²) >= 11 is 0. The molecule has 0 heterocycles. The van der Waals surface area contributed by atoms with E-state index in [1.807, 2.05) is 0 Å². The van der Waals surface area contributed by atoms with Crippen molar-refractivity contribution >= 4 is 12.0 Å². The lowest BCUT2D eigenvalue weighted by molar-refractivity contribution is -0.139. The first-order valence-corrected chi connectivity index (χ1v) is 6.37. The second-order valence-electron chi connectivity index (χ2n) is 4.33. The highest BCUT2D eigenvalue weighted by molar-refractivity contribution is 5.82. The maximum absolute atomic E-state index is 11.7. The van der Waals surface area contributed by atoms with E-state index in [9.17, 15) is 9.59 Å². The van der Waals surface area contributed by atoms with Gasteiger partial charge in [0.15, 0.2) is 0 Å². The number of carboxylic acids is 1. The summed E-state index contributed by atoms with van der Waals surface area (Å²) in [5, 5.41) is 20.0. The number of urea groups is 1. The zero-order valence-corrected chi connectivity index (χ0v) is 11.6. The number of aliphatic hydroxyl groups excluding tert-OH is 1. The fourth-order valence-corrected chi connectivity index (χ4v) is 1.49. The number of nitrogens with one attached hydrogen (secondary N) is 1. The summed E-state index contributed by atoms with van der Waals surface area (Å²) < 4.78 is 4.80. The summed E-state index contributed by atoms with van der Waals surface area (Å²) in [6.45, 7) is 0.952. The van der Waals surface area contributed by atoms with E-state index in [0.717, 1.165) is 12.8 Å². The monoisotopic (exact) mass is 276 g/mol. The molecular formula is C12H24N2O5. The highest BCUT2D eigenvalue weighted by atomic mass is 16.5. The summed E-state index contributed by atoms with van der Waals surface area (Å²) in [4.78, 5) is 24.1. The predicted molar refractivity (Wildman–Crippen MR) is 70.0 cm³/mol. The molecule has 0 rings (SSSR count). The fourth-order valence-electron chi connectivity index (χ4n) is 1.49. The molecule has 0 fully saturated rings. The summed E-state index contributed by atoms with van der Waals surface area (Å²) in [6.07, 6.45) is 2.55. The van der Waals surface area contributed by atoms with Gasteiger partial charge in [-0.05, 0) is 19.3 Å². The largest absolute Gasteiger partial charge is 0.480 e. The van der Waals surface area contributed by atoms with Gasteiger partial charge in [0.1, 0.15) is 6.04 Å². The molecule has 0 aliphatic heterocycles. The number of unbranched alkanes of at least 4 members (excludes halogenated alkanes) is 2. The van der Waals surface area contributed by atoms with Gasteiger partial charge in [-0.3, -0.25) is 0 Å². The Kier molecular flexibility index (Phi) is 9.82. The molecule has 0 bridgehead atoms. The van der Waals surface area contributed by atoms with Crippen molar-refractivity contribution in [1.82, 2.24) is 10.2 Å². The molecule has 0 aromatic carbocycles. The zero-order valence-electron chi connectivity index (χ0n) is 11.6. The number of ether oxygens (including phenoxy) is 1. The van der Waals surface area contributed by atoms with Crippen molar-refractivity contribution < 1.29 is 24.5 Å². The molecule has 7 nitrogen and oxygen atoms in total. The van der Waals surface area contributed by atoms with Crippen molar-refractivity contribution in [3.05, 3.63) is 0 Å². The number of carbonyl (C=O) groups is 2. The number of hydrogen-bond acceptors (Lipinski definition) is 4. The second-order valence-corrected chi connectivity index (χ2v) is 4.33. The van der Waals surface area contributed by atoms with Crippen LogP contribution in [0, 0.1) is 0 Å². The molecule has 112 valence electrons. The third-order valence-electron chi connectivity index (χ3n) is 2.70. The van der Waals surface area contributed by atoms with Crippen LogP contribution in [0.2, 0.25) is 0 Å². The number of methoxy groups -OCH3 is 1. The third kappa shape index (κ3) is 8.39. The van der Waals surface area contributed by atoms with Gasteiger partial charge in [0.05, 0.1) is 0 Å². The molecule has 0 spiro atoms. The lowest BCUT2D eigenvalue weighted by Gasteiger charge is -2.21. The number of aliphatic hydroxyl groups is 1. The van der Waals surface area contributed by atoms with Crippen LogP contribution in [0.4, 0.5) is 4.79 Å². The minimum atomic E-state index is -1.07. The maximum Gasteiger partial charge on any atom is 0.326 e. The van der Waals surface area contributed by atoms with Gasteiger partial charge < -0.3 is 25.2 Å². The molecule has 3 N–H and O–H groups in total. The van der Waals surface area contributed by atoms with E-state index >= 15 is 0 Å². The quantitative estimate of drug-likeness (QED) is 0.498. The van der Waals surface area contributed by atoms with Crippen LogP contribution in [0.3, 0.4) is 0 Å². The summed E-state index contributed by atoms with van der Waals surface area (Å²) in [7, 11) is 3.09. The van der Waals surface area contributed by atoms with Crippen LogP contribution in [0.1, 0.15) is 25.7 Å². The number of rotatable bonds is 10. The van der Waals surface area contributed by atoms with Gasteiger partial charge in [-0.25, -0.2) is 9.59 Å². The van der Waals surface area contributed by atoms with E-state index in [-0.39, 0.29) is 19.6 Å². The third-order valence-corrected chi connectivity index (χ3v) is 2.70. The second kappa shape index (κ2) is 10.6. The molecule has 0 aromatic rings. The lowest BCUT2D eigenvalue weighted by Crippen LogP contribution is -2.47. The van der Waals surface area contributed by atoms with Crippen LogP contribution < -0.4 is 5.32 Å². The molecule has 7 heteroatoms. The summed E-state index contributed by atoms with van der Waals surface area (Å²) in [5.41, 5.74) is 0.